The molecule has 0 unspecified atom stereocenters. The SMILES string of the molecule is CC(C)OCc1cccc(NC(=O)c2ccc(NS(=O)(=O)c3ccc4c(c3)OCCO4)cc2)c1. The van der Waals surface area contributed by atoms with Crippen molar-refractivity contribution in [3.8, 4) is 11.5 Å². The zero-order valence-corrected chi connectivity index (χ0v) is 19.7. The van der Waals surface area contributed by atoms with Crippen molar-refractivity contribution in [3.05, 3.63) is 77.9 Å². The minimum absolute atomic E-state index is 0.0555. The Bertz CT molecular complexity index is 1270. The van der Waals surface area contributed by atoms with Gasteiger partial charge in [-0.3, -0.25) is 9.52 Å². The van der Waals surface area contributed by atoms with Crippen LogP contribution in [0, 0.1) is 0 Å². The third-order valence-corrected chi connectivity index (χ3v) is 6.37. The molecule has 4 rings (SSSR count). The van der Waals surface area contributed by atoms with Gasteiger partial charge in [-0.25, -0.2) is 8.42 Å². The molecule has 0 atom stereocenters. The fourth-order valence-corrected chi connectivity index (χ4v) is 4.37. The topological polar surface area (TPSA) is 103 Å². The lowest BCUT2D eigenvalue weighted by atomic mass is 10.1. The van der Waals surface area contributed by atoms with Gasteiger partial charge in [-0.15, -0.1) is 0 Å². The maximum Gasteiger partial charge on any atom is 0.262 e. The van der Waals surface area contributed by atoms with E-state index < -0.39 is 10.0 Å². The van der Waals surface area contributed by atoms with Crippen LogP contribution < -0.4 is 19.5 Å². The zero-order chi connectivity index (χ0) is 24.1. The van der Waals surface area contributed by atoms with Gasteiger partial charge in [0, 0.05) is 23.0 Å². The van der Waals surface area contributed by atoms with Crippen molar-refractivity contribution in [2.45, 2.75) is 31.5 Å². The minimum Gasteiger partial charge on any atom is -0.486 e. The van der Waals surface area contributed by atoms with Crippen LogP contribution >= 0.6 is 0 Å². The van der Waals surface area contributed by atoms with E-state index in [4.69, 9.17) is 14.2 Å². The lowest BCUT2D eigenvalue weighted by Crippen LogP contribution is -2.17. The Morgan fingerprint density at radius 1 is 0.941 bits per heavy atom. The van der Waals surface area contributed by atoms with Gasteiger partial charge in [0.25, 0.3) is 15.9 Å². The van der Waals surface area contributed by atoms with E-state index >= 15 is 0 Å². The summed E-state index contributed by atoms with van der Waals surface area (Å²) in [7, 11) is -3.84. The maximum absolute atomic E-state index is 12.8. The molecule has 1 amide bonds. The molecule has 0 saturated heterocycles. The maximum atomic E-state index is 12.8. The van der Waals surface area contributed by atoms with E-state index in [2.05, 4.69) is 10.0 Å². The monoisotopic (exact) mass is 482 g/mol. The Morgan fingerprint density at radius 2 is 1.68 bits per heavy atom. The lowest BCUT2D eigenvalue weighted by Gasteiger charge is -2.19. The number of hydrogen-bond donors (Lipinski definition) is 2. The van der Waals surface area contributed by atoms with E-state index in [-0.39, 0.29) is 16.9 Å². The van der Waals surface area contributed by atoms with Crippen LogP contribution in [-0.4, -0.2) is 33.6 Å². The number of sulfonamides is 1. The summed E-state index contributed by atoms with van der Waals surface area (Å²) in [5.41, 5.74) is 2.33. The Labute approximate surface area is 198 Å². The van der Waals surface area contributed by atoms with E-state index in [1.807, 2.05) is 32.0 Å². The van der Waals surface area contributed by atoms with Gasteiger partial charge in [0.15, 0.2) is 11.5 Å². The first kappa shape index (κ1) is 23.6. The molecular weight excluding hydrogens is 456 g/mol. The number of carbonyl (C=O) groups excluding carboxylic acids is 1. The molecule has 8 nitrogen and oxygen atoms in total. The quantitative estimate of drug-likeness (QED) is 0.492. The van der Waals surface area contributed by atoms with Crippen molar-refractivity contribution in [2.24, 2.45) is 0 Å². The summed E-state index contributed by atoms with van der Waals surface area (Å²) >= 11 is 0. The van der Waals surface area contributed by atoms with Crippen LogP contribution in [-0.2, 0) is 21.4 Å². The fourth-order valence-electron chi connectivity index (χ4n) is 3.30. The number of carbonyl (C=O) groups is 1. The number of fused-ring (bicyclic) bond motifs is 1. The standard InChI is InChI=1S/C25H26N2O6S/c1-17(2)33-16-18-4-3-5-21(14-18)26-25(28)19-6-8-20(9-7-19)27-34(29,30)22-10-11-23-24(15-22)32-13-12-31-23/h3-11,14-15,17,27H,12-13,16H2,1-2H3,(H,26,28). The highest BCUT2D eigenvalue weighted by atomic mass is 32.2. The average molecular weight is 483 g/mol. The Hall–Kier alpha value is -3.56. The highest BCUT2D eigenvalue weighted by molar-refractivity contribution is 7.92. The highest BCUT2D eigenvalue weighted by Crippen LogP contribution is 2.32. The van der Waals surface area contributed by atoms with Gasteiger partial charge >= 0.3 is 0 Å². The van der Waals surface area contributed by atoms with Gasteiger partial charge in [-0.05, 0) is 67.9 Å². The number of amides is 1. The van der Waals surface area contributed by atoms with E-state index in [0.717, 1.165) is 5.56 Å². The van der Waals surface area contributed by atoms with Gasteiger partial charge in [0.05, 0.1) is 17.6 Å². The van der Waals surface area contributed by atoms with Gasteiger partial charge < -0.3 is 19.5 Å². The number of anilines is 2. The smallest absolute Gasteiger partial charge is 0.262 e. The molecular formula is C25H26N2O6S. The molecule has 3 aromatic rings. The number of benzene rings is 3. The second-order valence-corrected chi connectivity index (χ2v) is 9.68. The summed E-state index contributed by atoms with van der Waals surface area (Å²) in [6, 6.07) is 18.1. The molecule has 1 aliphatic rings. The molecule has 0 saturated carbocycles. The first-order valence-corrected chi connectivity index (χ1v) is 12.3. The van der Waals surface area contributed by atoms with Crippen LogP contribution in [0.5, 0.6) is 11.5 Å². The molecule has 0 spiro atoms. The van der Waals surface area contributed by atoms with Crippen LogP contribution in [0.3, 0.4) is 0 Å². The number of hydrogen-bond acceptors (Lipinski definition) is 6. The number of ether oxygens (including phenoxy) is 3. The first-order valence-electron chi connectivity index (χ1n) is 10.8. The summed E-state index contributed by atoms with van der Waals surface area (Å²) in [4.78, 5) is 12.7. The number of nitrogens with one attached hydrogen (secondary N) is 2. The van der Waals surface area contributed by atoms with Gasteiger partial charge in [-0.1, -0.05) is 12.1 Å². The van der Waals surface area contributed by atoms with Crippen molar-refractivity contribution in [2.75, 3.05) is 23.3 Å². The largest absolute Gasteiger partial charge is 0.486 e. The molecule has 34 heavy (non-hydrogen) atoms. The molecule has 1 aliphatic heterocycles. The van der Waals surface area contributed by atoms with E-state index in [1.165, 1.54) is 24.3 Å². The van der Waals surface area contributed by atoms with Crippen molar-refractivity contribution in [1.29, 1.82) is 0 Å². The van der Waals surface area contributed by atoms with Crippen molar-refractivity contribution < 1.29 is 27.4 Å². The van der Waals surface area contributed by atoms with Crippen LogP contribution in [0.25, 0.3) is 0 Å². The highest BCUT2D eigenvalue weighted by Gasteiger charge is 2.19. The van der Waals surface area contributed by atoms with E-state index in [9.17, 15) is 13.2 Å². The van der Waals surface area contributed by atoms with Crippen LogP contribution in [0.1, 0.15) is 29.8 Å². The van der Waals surface area contributed by atoms with Gasteiger partial charge in [-0.2, -0.15) is 0 Å². The molecule has 1 heterocycles. The molecule has 0 aromatic heterocycles. The summed E-state index contributed by atoms with van der Waals surface area (Å²) in [6.45, 7) is 5.18. The molecule has 9 heteroatoms. The Balaban J connectivity index is 1.41. The van der Waals surface area contributed by atoms with Gasteiger partial charge in [0.1, 0.15) is 13.2 Å². The van der Waals surface area contributed by atoms with Crippen molar-refractivity contribution in [3.63, 3.8) is 0 Å². The summed E-state index contributed by atoms with van der Waals surface area (Å²) in [5.74, 6) is 0.600. The molecule has 0 bridgehead atoms. The minimum atomic E-state index is -3.84. The zero-order valence-electron chi connectivity index (χ0n) is 18.9. The predicted octanol–water partition coefficient (Wildman–Crippen LogP) is 4.44. The first-order chi connectivity index (χ1) is 16.3. The van der Waals surface area contributed by atoms with Crippen LogP contribution in [0.15, 0.2) is 71.6 Å². The van der Waals surface area contributed by atoms with Crippen molar-refractivity contribution >= 4 is 27.3 Å². The molecule has 0 aliphatic carbocycles. The molecule has 0 radical (unpaired) electrons. The lowest BCUT2D eigenvalue weighted by molar-refractivity contribution is 0.0657. The molecule has 0 fully saturated rings. The number of rotatable bonds is 8. The normalized spacial score (nSPS) is 12.9. The summed E-state index contributed by atoms with van der Waals surface area (Å²) in [5, 5.41) is 2.85. The van der Waals surface area contributed by atoms with E-state index in [1.54, 1.807) is 24.3 Å². The Kier molecular flexibility index (Phi) is 7.04. The average Bonchev–Trinajstić information content (AvgIpc) is 2.83. The molecule has 3 aromatic carbocycles. The summed E-state index contributed by atoms with van der Waals surface area (Å²) < 4.78 is 44.6. The Morgan fingerprint density at radius 3 is 2.41 bits per heavy atom. The molecule has 178 valence electrons. The third kappa shape index (κ3) is 5.86. The van der Waals surface area contributed by atoms with Crippen LogP contribution in [0.4, 0.5) is 11.4 Å². The molecule has 2 N–H and O–H groups in total. The van der Waals surface area contributed by atoms with E-state index in [0.29, 0.717) is 48.3 Å². The third-order valence-electron chi connectivity index (χ3n) is 4.99. The fraction of sp³-hybridized carbons (Fsp3) is 0.240. The van der Waals surface area contributed by atoms with Crippen molar-refractivity contribution in [1.82, 2.24) is 0 Å². The van der Waals surface area contributed by atoms with Gasteiger partial charge in [0.2, 0.25) is 0 Å². The van der Waals surface area contributed by atoms with Crippen LogP contribution in [0.2, 0.25) is 0 Å². The predicted molar refractivity (Wildman–Crippen MR) is 129 cm³/mol. The second-order valence-electron chi connectivity index (χ2n) is 8.00. The second kappa shape index (κ2) is 10.1. The summed E-state index contributed by atoms with van der Waals surface area (Å²) in [6.07, 6.45) is 0.115.